The molecule has 1 aromatic heterocycles. The van der Waals surface area contributed by atoms with E-state index in [0.717, 1.165) is 19.9 Å². The zero-order chi connectivity index (χ0) is 42.9. The largest absolute Gasteiger partial charge is 0.507 e. The number of benzene rings is 2. The van der Waals surface area contributed by atoms with E-state index in [2.05, 4.69) is 0 Å². The monoisotopic (exact) mass is 838 g/mol. The van der Waals surface area contributed by atoms with Crippen LogP contribution in [0.15, 0.2) is 51.7 Å². The van der Waals surface area contributed by atoms with Gasteiger partial charge in [-0.05, 0) is 31.2 Å². The van der Waals surface area contributed by atoms with E-state index < -0.39 is 128 Å². The van der Waals surface area contributed by atoms with Crippen molar-refractivity contribution >= 4 is 22.9 Å². The Labute approximate surface area is 334 Å². The second-order valence-corrected chi connectivity index (χ2v) is 14.2. The molecule has 3 fully saturated rings. The third-order valence-corrected chi connectivity index (χ3v) is 9.97. The molecule has 21 heteroatoms. The van der Waals surface area contributed by atoms with Gasteiger partial charge in [0.05, 0.1) is 19.8 Å². The number of esters is 2. The molecule has 0 aliphatic carbocycles. The second-order valence-electron chi connectivity index (χ2n) is 14.2. The SMILES string of the molecule is COc1ccc(-c2cc(=O)c3c(O)cc(O[C@@H]4O[C@H](CO[C@@H]5O[C@@H](C)[C@H](O)[C@@H](OC(C)=O)[C@H]5O)[C@@H](O)[C@H](O)[C@H]4O[C@@H]4O[C@H](COC(C)=O)[C@@H](O)[C@H](O)[C@H]4O)cc3o2)cc1. The number of hydrogen-bond acceptors (Lipinski definition) is 21. The standard InChI is InChI=1S/C38H46O21/c1-14-27(43)34(54-16(3)40)33(49)36(53-14)52-13-25-29(45)31(47)35(59-37-32(48)30(46)28(44)24(57-37)12-51-15(2)39)38(58-25)55-19-9-20(41)26-21(42)11-22(56-23(26)10-19)17-5-7-18(50-4)8-6-17/h5-11,14,24-25,27-38,41,43-49H,12-13H2,1-4H3/t14-,24+,25+,27-,28+,29+,30-,31-,32+,33+,34+,35+,36+,37-,38+/m0/s1. The fourth-order valence-corrected chi connectivity index (χ4v) is 6.80. The van der Waals surface area contributed by atoms with Gasteiger partial charge < -0.3 is 87.9 Å². The minimum absolute atomic E-state index is 0.116. The second kappa shape index (κ2) is 18.4. The number of aliphatic hydroxyl groups excluding tert-OH is 7. The van der Waals surface area contributed by atoms with Crippen molar-refractivity contribution in [2.24, 2.45) is 0 Å². The van der Waals surface area contributed by atoms with Gasteiger partial charge in [-0.3, -0.25) is 14.4 Å². The molecule has 3 aromatic rings. The van der Waals surface area contributed by atoms with Gasteiger partial charge >= 0.3 is 11.9 Å². The van der Waals surface area contributed by atoms with Crippen molar-refractivity contribution in [2.45, 2.75) is 113 Å². The van der Waals surface area contributed by atoms with Crippen LogP contribution >= 0.6 is 0 Å². The Morgan fingerprint density at radius 1 is 0.695 bits per heavy atom. The molecule has 0 amide bonds. The van der Waals surface area contributed by atoms with Crippen molar-refractivity contribution in [3.05, 3.63) is 52.7 Å². The number of aliphatic hydroxyl groups is 7. The van der Waals surface area contributed by atoms with Crippen LogP contribution in [0, 0.1) is 0 Å². The highest BCUT2D eigenvalue weighted by molar-refractivity contribution is 5.86. The highest BCUT2D eigenvalue weighted by Gasteiger charge is 2.53. The zero-order valence-electron chi connectivity index (χ0n) is 32.0. The Bertz CT molecular complexity index is 1990. The summed E-state index contributed by atoms with van der Waals surface area (Å²) in [5.41, 5.74) is -0.268. The highest BCUT2D eigenvalue weighted by Crippen LogP contribution is 2.36. The first-order valence-corrected chi connectivity index (χ1v) is 18.4. The summed E-state index contributed by atoms with van der Waals surface area (Å²) in [5.74, 6) is -1.71. The molecule has 0 radical (unpaired) electrons. The van der Waals surface area contributed by atoms with Crippen LogP contribution in [0.5, 0.6) is 17.2 Å². The number of fused-ring (bicyclic) bond motifs is 1. The lowest BCUT2D eigenvalue weighted by Crippen LogP contribution is -2.65. The van der Waals surface area contributed by atoms with Crippen LogP contribution in [0.25, 0.3) is 22.3 Å². The fourth-order valence-electron chi connectivity index (χ4n) is 6.80. The van der Waals surface area contributed by atoms with E-state index in [-0.39, 0.29) is 22.5 Å². The van der Waals surface area contributed by atoms with Crippen molar-refractivity contribution in [1.29, 1.82) is 0 Å². The van der Waals surface area contributed by atoms with Crippen molar-refractivity contribution < 1.29 is 97.5 Å². The minimum Gasteiger partial charge on any atom is -0.507 e. The summed E-state index contributed by atoms with van der Waals surface area (Å²) >= 11 is 0. The van der Waals surface area contributed by atoms with E-state index in [0.29, 0.717) is 11.3 Å². The molecule has 59 heavy (non-hydrogen) atoms. The molecule has 2 aromatic carbocycles. The maximum Gasteiger partial charge on any atom is 0.303 e. The summed E-state index contributed by atoms with van der Waals surface area (Å²) in [5, 5.41) is 86.8. The molecule has 0 spiro atoms. The molecule has 4 heterocycles. The molecular weight excluding hydrogens is 792 g/mol. The fraction of sp³-hybridized carbons (Fsp3) is 0.553. The van der Waals surface area contributed by atoms with Crippen LogP contribution in [0.1, 0.15) is 20.8 Å². The number of aromatic hydroxyl groups is 1. The van der Waals surface area contributed by atoms with Crippen LogP contribution in [0.3, 0.4) is 0 Å². The lowest BCUT2D eigenvalue weighted by Gasteiger charge is -2.46. The summed E-state index contributed by atoms with van der Waals surface area (Å²) in [6, 6.07) is 10.0. The van der Waals surface area contributed by atoms with Gasteiger partial charge in [0.1, 0.15) is 95.5 Å². The Kier molecular flexibility index (Phi) is 13.8. The zero-order valence-corrected chi connectivity index (χ0v) is 32.0. The molecule has 0 unspecified atom stereocenters. The van der Waals surface area contributed by atoms with E-state index in [4.69, 9.17) is 47.0 Å². The molecule has 3 aliphatic heterocycles. The number of rotatable bonds is 12. The predicted molar refractivity (Wildman–Crippen MR) is 193 cm³/mol. The average Bonchev–Trinajstić information content (AvgIpc) is 3.19. The van der Waals surface area contributed by atoms with Crippen LogP contribution < -0.4 is 14.9 Å². The normalized spacial score (nSPS) is 34.9. The molecule has 6 rings (SSSR count). The maximum absolute atomic E-state index is 13.2. The van der Waals surface area contributed by atoms with Crippen LogP contribution in [-0.2, 0) is 42.7 Å². The van der Waals surface area contributed by atoms with Gasteiger partial charge in [0.25, 0.3) is 0 Å². The molecule has 8 N–H and O–H groups in total. The van der Waals surface area contributed by atoms with Gasteiger partial charge in [0.2, 0.25) is 6.29 Å². The lowest BCUT2D eigenvalue weighted by atomic mass is 9.97. The Hall–Kier alpha value is -4.49. The molecule has 15 atom stereocenters. The number of ether oxygens (including phenoxy) is 9. The number of carbonyl (C=O) groups excluding carboxylic acids is 2. The quantitative estimate of drug-likeness (QED) is 0.0931. The van der Waals surface area contributed by atoms with Gasteiger partial charge in [0, 0.05) is 37.6 Å². The summed E-state index contributed by atoms with van der Waals surface area (Å²) in [6.07, 6.45) is -25.2. The van der Waals surface area contributed by atoms with Crippen LogP contribution in [0.4, 0.5) is 0 Å². The number of phenols is 1. The summed E-state index contributed by atoms with van der Waals surface area (Å²) in [4.78, 5) is 36.3. The Morgan fingerprint density at radius 3 is 2.02 bits per heavy atom. The van der Waals surface area contributed by atoms with Crippen molar-refractivity contribution in [3.63, 3.8) is 0 Å². The first-order chi connectivity index (χ1) is 28.0. The third-order valence-electron chi connectivity index (χ3n) is 9.97. The first-order valence-electron chi connectivity index (χ1n) is 18.4. The summed E-state index contributed by atoms with van der Waals surface area (Å²) in [6.45, 7) is 2.37. The Balaban J connectivity index is 1.30. The molecule has 3 saturated heterocycles. The van der Waals surface area contributed by atoms with E-state index in [1.165, 1.54) is 26.2 Å². The number of methoxy groups -OCH3 is 1. The molecule has 0 saturated carbocycles. The van der Waals surface area contributed by atoms with Crippen molar-refractivity contribution in [1.82, 2.24) is 0 Å². The number of hydrogen-bond donors (Lipinski definition) is 8. The van der Waals surface area contributed by atoms with Gasteiger partial charge in [-0.2, -0.15) is 0 Å². The molecule has 0 bridgehead atoms. The molecule has 324 valence electrons. The molecule has 3 aliphatic rings. The van der Waals surface area contributed by atoms with E-state index in [1.807, 2.05) is 0 Å². The first kappa shape index (κ1) is 44.1. The van der Waals surface area contributed by atoms with E-state index in [1.54, 1.807) is 24.3 Å². The average molecular weight is 839 g/mol. The minimum atomic E-state index is -1.99. The van der Waals surface area contributed by atoms with Crippen LogP contribution in [-0.4, -0.2) is 165 Å². The number of phenolic OH excluding ortho intramolecular Hbond substituents is 1. The highest BCUT2D eigenvalue weighted by atomic mass is 16.8. The summed E-state index contributed by atoms with van der Waals surface area (Å²) in [7, 11) is 1.49. The van der Waals surface area contributed by atoms with Crippen molar-refractivity contribution in [3.8, 4) is 28.6 Å². The topological polar surface area (TPSA) is 309 Å². The van der Waals surface area contributed by atoms with Crippen molar-refractivity contribution in [2.75, 3.05) is 20.3 Å². The van der Waals surface area contributed by atoms with E-state index >= 15 is 0 Å². The lowest BCUT2D eigenvalue weighted by molar-refractivity contribution is -0.362. The number of carbonyl (C=O) groups is 2. The Morgan fingerprint density at radius 2 is 1.36 bits per heavy atom. The molecular formula is C38H46O21. The van der Waals surface area contributed by atoms with Gasteiger partial charge in [-0.15, -0.1) is 0 Å². The predicted octanol–water partition coefficient (Wildman–Crippen LogP) is -1.83. The van der Waals surface area contributed by atoms with Gasteiger partial charge in [-0.25, -0.2) is 0 Å². The smallest absolute Gasteiger partial charge is 0.303 e. The van der Waals surface area contributed by atoms with E-state index in [9.17, 15) is 55.2 Å². The summed E-state index contributed by atoms with van der Waals surface area (Å²) < 4.78 is 55.9. The maximum atomic E-state index is 13.2. The molecule has 21 nitrogen and oxygen atoms in total. The van der Waals surface area contributed by atoms with Crippen LogP contribution in [0.2, 0.25) is 0 Å². The van der Waals surface area contributed by atoms with Gasteiger partial charge in [0.15, 0.2) is 30.2 Å². The van der Waals surface area contributed by atoms with Gasteiger partial charge in [-0.1, -0.05) is 0 Å². The third kappa shape index (κ3) is 9.62.